The van der Waals surface area contributed by atoms with Crippen molar-refractivity contribution in [3.05, 3.63) is 35.4 Å². The highest BCUT2D eigenvalue weighted by atomic mass is 19.1. The van der Waals surface area contributed by atoms with Crippen molar-refractivity contribution in [2.24, 2.45) is 45.3 Å². The third-order valence-electron chi connectivity index (χ3n) is 13.8. The molecule has 220 valence electrons. The lowest BCUT2D eigenvalue weighted by molar-refractivity contribution is -0.140. The van der Waals surface area contributed by atoms with E-state index in [9.17, 15) is 18.7 Å². The fourth-order valence-corrected chi connectivity index (χ4v) is 11.9. The average Bonchev–Trinajstić information content (AvgIpc) is 3.46. The maximum atomic E-state index is 13.8. The van der Waals surface area contributed by atoms with Crippen LogP contribution in [-0.4, -0.2) is 40.8 Å². The Morgan fingerprint density at radius 2 is 1.68 bits per heavy atom. The van der Waals surface area contributed by atoms with Crippen molar-refractivity contribution in [2.45, 2.75) is 117 Å². The predicted molar refractivity (Wildman–Crippen MR) is 149 cm³/mol. The van der Waals surface area contributed by atoms with Gasteiger partial charge in [0.15, 0.2) is 0 Å². The standard InChI is InChI=1S/C34H47F2NO3/c1-20(38)37(17-21-13-22(35)15-23(36)14-21)18-24-5-6-26-28(40-24)16-27-25-7-8-29-31(2,3)30(39)9-10-34(29)19-33(25,34)12-11-32(26,27)4/h13-15,24-30,39H,5-12,16-19H2,1-4H3/t24?,25?,26?,27?,28?,29?,30-,32?,33?,34?/m0/s1. The van der Waals surface area contributed by atoms with Crippen molar-refractivity contribution in [3.8, 4) is 0 Å². The summed E-state index contributed by atoms with van der Waals surface area (Å²) in [5.74, 6) is 1.37. The van der Waals surface area contributed by atoms with Gasteiger partial charge in [-0.15, -0.1) is 0 Å². The lowest BCUT2D eigenvalue weighted by atomic mass is 9.46. The van der Waals surface area contributed by atoms with Gasteiger partial charge in [0, 0.05) is 26.1 Å². The van der Waals surface area contributed by atoms with E-state index in [4.69, 9.17) is 4.74 Å². The van der Waals surface area contributed by atoms with Crippen molar-refractivity contribution >= 4 is 5.91 Å². The van der Waals surface area contributed by atoms with Crippen molar-refractivity contribution in [3.63, 3.8) is 0 Å². The van der Waals surface area contributed by atoms with Crippen LogP contribution in [0.1, 0.15) is 97.5 Å². The zero-order valence-electron chi connectivity index (χ0n) is 24.7. The average molecular weight is 556 g/mol. The second kappa shape index (κ2) is 8.99. The molecule has 4 nitrogen and oxygen atoms in total. The Hall–Kier alpha value is -1.53. The van der Waals surface area contributed by atoms with E-state index in [1.165, 1.54) is 57.6 Å². The molecular formula is C34H47F2NO3. The number of fused-ring (bicyclic) bond motifs is 4. The summed E-state index contributed by atoms with van der Waals surface area (Å²) in [5.41, 5.74) is 1.75. The first-order valence-corrected chi connectivity index (χ1v) is 15.9. The Labute approximate surface area is 238 Å². The Morgan fingerprint density at radius 3 is 2.40 bits per heavy atom. The first kappa shape index (κ1) is 27.3. The Bertz CT molecular complexity index is 1180. The van der Waals surface area contributed by atoms with E-state index in [1.54, 1.807) is 4.90 Å². The highest BCUT2D eigenvalue weighted by Crippen LogP contribution is 2.87. The number of amides is 1. The first-order chi connectivity index (χ1) is 18.9. The van der Waals surface area contributed by atoms with Crippen LogP contribution in [0.25, 0.3) is 0 Å². The maximum Gasteiger partial charge on any atom is 0.219 e. The van der Waals surface area contributed by atoms with Crippen molar-refractivity contribution in [2.75, 3.05) is 6.54 Å². The molecule has 2 spiro atoms. The molecule has 10 atom stereocenters. The number of aliphatic hydroxyl groups is 1. The summed E-state index contributed by atoms with van der Waals surface area (Å²) in [4.78, 5) is 14.2. The number of benzene rings is 1. The highest BCUT2D eigenvalue weighted by Gasteiger charge is 2.80. The molecule has 1 aromatic carbocycles. The highest BCUT2D eigenvalue weighted by molar-refractivity contribution is 5.73. The number of hydrogen-bond donors (Lipinski definition) is 1. The third kappa shape index (κ3) is 3.76. The van der Waals surface area contributed by atoms with Crippen LogP contribution in [0.3, 0.4) is 0 Å². The van der Waals surface area contributed by atoms with E-state index >= 15 is 0 Å². The molecule has 1 saturated heterocycles. The number of halogens is 2. The number of ether oxygens (including phenoxy) is 1. The molecule has 0 radical (unpaired) electrons. The minimum atomic E-state index is -0.616. The topological polar surface area (TPSA) is 49.8 Å². The van der Waals surface area contributed by atoms with E-state index < -0.39 is 11.6 Å². The van der Waals surface area contributed by atoms with E-state index in [-0.39, 0.29) is 36.2 Å². The first-order valence-electron chi connectivity index (χ1n) is 15.9. The molecule has 0 aromatic heterocycles. The van der Waals surface area contributed by atoms with Crippen LogP contribution in [0.4, 0.5) is 8.78 Å². The maximum absolute atomic E-state index is 13.8. The van der Waals surface area contributed by atoms with Crippen LogP contribution in [0, 0.1) is 57.0 Å². The molecule has 5 saturated carbocycles. The molecule has 9 unspecified atom stereocenters. The SMILES string of the molecule is CC(=O)N(Cc1cc(F)cc(F)c1)CC1CCC2C(CC3C4CCC5C(C)(C)[C@@H](O)CCC56CC46CCC23C)O1. The molecule has 1 heterocycles. The molecule has 6 fully saturated rings. The van der Waals surface area contributed by atoms with E-state index in [0.29, 0.717) is 46.1 Å². The number of rotatable bonds is 4. The Kier molecular flexibility index (Phi) is 6.14. The summed E-state index contributed by atoms with van der Waals surface area (Å²) in [6.45, 7) is 9.41. The molecule has 1 N–H and O–H groups in total. The summed E-state index contributed by atoms with van der Waals surface area (Å²) in [6, 6.07) is 3.48. The summed E-state index contributed by atoms with van der Waals surface area (Å²) >= 11 is 0. The van der Waals surface area contributed by atoms with Crippen molar-refractivity contribution < 1.29 is 23.4 Å². The van der Waals surface area contributed by atoms with Crippen LogP contribution < -0.4 is 0 Å². The van der Waals surface area contributed by atoms with Gasteiger partial charge < -0.3 is 14.7 Å². The van der Waals surface area contributed by atoms with E-state index in [1.807, 2.05) is 0 Å². The van der Waals surface area contributed by atoms with E-state index in [2.05, 4.69) is 20.8 Å². The number of aliphatic hydroxyl groups excluding tert-OH is 1. The summed E-state index contributed by atoms with van der Waals surface area (Å²) < 4.78 is 34.4. The second-order valence-corrected chi connectivity index (χ2v) is 15.6. The fourth-order valence-electron chi connectivity index (χ4n) is 11.9. The van der Waals surface area contributed by atoms with Gasteiger partial charge in [0.1, 0.15) is 11.6 Å². The third-order valence-corrected chi connectivity index (χ3v) is 13.8. The predicted octanol–water partition coefficient (Wildman–Crippen LogP) is 6.88. The van der Waals surface area contributed by atoms with Gasteiger partial charge in [0.25, 0.3) is 0 Å². The zero-order chi connectivity index (χ0) is 28.2. The van der Waals surface area contributed by atoms with Crippen molar-refractivity contribution in [1.82, 2.24) is 4.90 Å². The number of carbonyl (C=O) groups excluding carboxylic acids is 1. The van der Waals surface area contributed by atoms with Crippen LogP contribution in [0.15, 0.2) is 18.2 Å². The molecule has 0 bridgehead atoms. The van der Waals surface area contributed by atoms with Crippen LogP contribution in [0.2, 0.25) is 0 Å². The Balaban J connectivity index is 1.06. The van der Waals surface area contributed by atoms with Gasteiger partial charge in [-0.2, -0.15) is 0 Å². The molecule has 7 rings (SSSR count). The van der Waals surface area contributed by atoms with Gasteiger partial charge in [-0.25, -0.2) is 8.78 Å². The van der Waals surface area contributed by atoms with E-state index in [0.717, 1.165) is 37.7 Å². The minimum absolute atomic E-state index is 0.0212. The second-order valence-electron chi connectivity index (χ2n) is 15.6. The number of nitrogens with zero attached hydrogens (tertiary/aromatic N) is 1. The van der Waals surface area contributed by atoms with Gasteiger partial charge in [0.05, 0.1) is 18.3 Å². The molecule has 6 aliphatic rings. The molecular weight excluding hydrogens is 508 g/mol. The van der Waals surface area contributed by atoms with Gasteiger partial charge in [0.2, 0.25) is 5.91 Å². The van der Waals surface area contributed by atoms with Crippen LogP contribution >= 0.6 is 0 Å². The largest absolute Gasteiger partial charge is 0.393 e. The van der Waals surface area contributed by atoms with Gasteiger partial charge in [-0.3, -0.25) is 4.79 Å². The van der Waals surface area contributed by atoms with Crippen LogP contribution in [0.5, 0.6) is 0 Å². The van der Waals surface area contributed by atoms with Crippen molar-refractivity contribution in [1.29, 1.82) is 0 Å². The molecule has 1 aromatic rings. The monoisotopic (exact) mass is 555 g/mol. The molecule has 40 heavy (non-hydrogen) atoms. The summed E-state index contributed by atoms with van der Waals surface area (Å²) in [6.07, 6.45) is 12.0. The van der Waals surface area contributed by atoms with Gasteiger partial charge in [-0.05, 0) is 127 Å². The fraction of sp³-hybridized carbons (Fsp3) is 0.794. The lowest BCUT2D eigenvalue weighted by Crippen LogP contribution is -2.54. The summed E-state index contributed by atoms with van der Waals surface area (Å²) in [5, 5.41) is 10.9. The normalized spacial score (nSPS) is 46.3. The molecule has 5 aliphatic carbocycles. The van der Waals surface area contributed by atoms with Gasteiger partial charge >= 0.3 is 0 Å². The van der Waals surface area contributed by atoms with Gasteiger partial charge in [-0.1, -0.05) is 20.8 Å². The quantitative estimate of drug-likeness (QED) is 0.441. The molecule has 1 aliphatic heterocycles. The molecule has 1 amide bonds. The Morgan fingerprint density at radius 1 is 0.950 bits per heavy atom. The zero-order valence-corrected chi connectivity index (χ0v) is 24.7. The minimum Gasteiger partial charge on any atom is -0.393 e. The number of carbonyl (C=O) groups is 1. The molecule has 6 heteroatoms. The van der Waals surface area contributed by atoms with Crippen LogP contribution in [-0.2, 0) is 16.1 Å². The summed E-state index contributed by atoms with van der Waals surface area (Å²) in [7, 11) is 0. The lowest BCUT2D eigenvalue weighted by Gasteiger charge is -2.59. The smallest absolute Gasteiger partial charge is 0.219 e. The number of hydrogen-bond acceptors (Lipinski definition) is 3.